The molecule has 184 valence electrons. The maximum atomic E-state index is 13.6. The third-order valence-electron chi connectivity index (χ3n) is 7.05. The molecule has 5 rings (SSSR count). The third kappa shape index (κ3) is 4.96. The Morgan fingerprint density at radius 3 is 2.57 bits per heavy atom. The molecule has 6 nitrogen and oxygen atoms in total. The van der Waals surface area contributed by atoms with Crippen LogP contribution in [-0.2, 0) is 4.74 Å². The second-order valence-corrected chi connectivity index (χ2v) is 9.65. The molecule has 2 aliphatic rings. The molecule has 0 radical (unpaired) electrons. The highest BCUT2D eigenvalue weighted by molar-refractivity contribution is 7.80. The van der Waals surface area contributed by atoms with Crippen LogP contribution in [0.15, 0.2) is 54.7 Å². The zero-order valence-corrected chi connectivity index (χ0v) is 21.1. The van der Waals surface area contributed by atoms with E-state index in [9.17, 15) is 4.39 Å². The molecule has 0 aliphatic carbocycles. The van der Waals surface area contributed by atoms with Gasteiger partial charge in [-0.3, -0.25) is 9.88 Å². The van der Waals surface area contributed by atoms with Gasteiger partial charge in [0.05, 0.1) is 31.0 Å². The molecule has 1 aromatic carbocycles. The van der Waals surface area contributed by atoms with Crippen molar-refractivity contribution in [1.29, 1.82) is 0 Å². The fourth-order valence-electron chi connectivity index (χ4n) is 5.35. The Labute approximate surface area is 211 Å². The number of ether oxygens (including phenoxy) is 1. The van der Waals surface area contributed by atoms with Crippen molar-refractivity contribution in [2.75, 3.05) is 39.4 Å². The van der Waals surface area contributed by atoms with Crippen LogP contribution in [0.5, 0.6) is 0 Å². The maximum Gasteiger partial charge on any atom is 0.170 e. The van der Waals surface area contributed by atoms with E-state index in [1.807, 2.05) is 30.5 Å². The van der Waals surface area contributed by atoms with E-state index in [4.69, 9.17) is 17.0 Å². The number of aryl methyl sites for hydroxylation is 1. The van der Waals surface area contributed by atoms with Crippen molar-refractivity contribution in [2.24, 2.45) is 0 Å². The molecule has 0 amide bonds. The van der Waals surface area contributed by atoms with Crippen molar-refractivity contribution in [2.45, 2.75) is 32.4 Å². The fourth-order valence-corrected chi connectivity index (χ4v) is 5.68. The van der Waals surface area contributed by atoms with Crippen LogP contribution < -0.4 is 5.32 Å². The lowest BCUT2D eigenvalue weighted by atomic mass is 9.96. The molecule has 3 aromatic rings. The first-order valence-electron chi connectivity index (χ1n) is 12.3. The molecule has 1 N–H and O–H groups in total. The zero-order chi connectivity index (χ0) is 24.4. The van der Waals surface area contributed by atoms with Crippen LogP contribution in [0.4, 0.5) is 4.39 Å². The Morgan fingerprint density at radius 2 is 1.86 bits per heavy atom. The van der Waals surface area contributed by atoms with Gasteiger partial charge in [0.2, 0.25) is 0 Å². The number of hydrogen-bond donors (Lipinski definition) is 1. The standard InChI is InChI=1S/C27H32FN5OS/c1-19-18-23(20(2)33(19)22-9-7-21(28)8-10-22)26-25(24-6-3-4-11-29-24)30-27(35)32(26)13-5-12-31-14-16-34-17-15-31/h3-4,6-11,18,25-26H,5,12-17H2,1-2H3,(H,30,35)/t25-,26-/m0/s1. The summed E-state index contributed by atoms with van der Waals surface area (Å²) >= 11 is 5.86. The molecule has 2 saturated heterocycles. The average Bonchev–Trinajstić information content (AvgIpc) is 3.36. The molecule has 0 bridgehead atoms. The first-order chi connectivity index (χ1) is 17.0. The van der Waals surface area contributed by atoms with E-state index >= 15 is 0 Å². The van der Waals surface area contributed by atoms with E-state index in [1.54, 1.807) is 0 Å². The number of hydrogen-bond acceptors (Lipinski definition) is 4. The molecule has 0 spiro atoms. The highest BCUT2D eigenvalue weighted by Gasteiger charge is 2.41. The quantitative estimate of drug-likeness (QED) is 0.495. The van der Waals surface area contributed by atoms with E-state index in [-0.39, 0.29) is 17.9 Å². The number of nitrogens with zero attached hydrogens (tertiary/aromatic N) is 4. The molecular formula is C27H32FN5OS. The molecule has 35 heavy (non-hydrogen) atoms. The number of nitrogens with one attached hydrogen (secondary N) is 1. The summed E-state index contributed by atoms with van der Waals surface area (Å²) in [7, 11) is 0. The summed E-state index contributed by atoms with van der Waals surface area (Å²) in [5.41, 5.74) is 5.37. The van der Waals surface area contributed by atoms with Crippen molar-refractivity contribution in [3.05, 3.63) is 83.2 Å². The van der Waals surface area contributed by atoms with Gasteiger partial charge in [0.25, 0.3) is 0 Å². The fraction of sp³-hybridized carbons (Fsp3) is 0.407. The summed E-state index contributed by atoms with van der Waals surface area (Å²) in [4.78, 5) is 9.45. The lowest BCUT2D eigenvalue weighted by molar-refractivity contribution is 0.0365. The molecule has 8 heteroatoms. The van der Waals surface area contributed by atoms with E-state index in [0.29, 0.717) is 0 Å². The number of rotatable bonds is 7. The average molecular weight is 494 g/mol. The number of morpholine rings is 1. The van der Waals surface area contributed by atoms with Gasteiger partial charge in [0.1, 0.15) is 5.82 Å². The Hall–Kier alpha value is -2.81. The Balaban J connectivity index is 1.47. The summed E-state index contributed by atoms with van der Waals surface area (Å²) in [6, 6.07) is 14.9. The number of benzene rings is 1. The molecule has 2 aliphatic heterocycles. The van der Waals surface area contributed by atoms with Crippen LogP contribution in [0.1, 0.15) is 41.1 Å². The second-order valence-electron chi connectivity index (χ2n) is 9.27. The summed E-state index contributed by atoms with van der Waals surface area (Å²) < 4.78 is 21.3. The van der Waals surface area contributed by atoms with Crippen LogP contribution in [0.25, 0.3) is 5.69 Å². The molecule has 2 fully saturated rings. The highest BCUT2D eigenvalue weighted by Crippen LogP contribution is 2.41. The minimum Gasteiger partial charge on any atom is -0.379 e. The number of halogens is 1. The van der Waals surface area contributed by atoms with Crippen molar-refractivity contribution < 1.29 is 9.13 Å². The summed E-state index contributed by atoms with van der Waals surface area (Å²) in [5, 5.41) is 4.33. The minimum absolute atomic E-state index is 0.0162. The maximum absolute atomic E-state index is 13.6. The van der Waals surface area contributed by atoms with Crippen molar-refractivity contribution in [3.63, 3.8) is 0 Å². The molecule has 0 unspecified atom stereocenters. The van der Waals surface area contributed by atoms with Crippen LogP contribution in [0.2, 0.25) is 0 Å². The summed E-state index contributed by atoms with van der Waals surface area (Å²) in [5.74, 6) is -0.233. The van der Waals surface area contributed by atoms with E-state index in [0.717, 1.165) is 73.7 Å². The van der Waals surface area contributed by atoms with Gasteiger partial charge in [-0.05, 0) is 80.5 Å². The first-order valence-corrected chi connectivity index (χ1v) is 12.7. The Morgan fingerprint density at radius 1 is 1.09 bits per heavy atom. The van der Waals surface area contributed by atoms with Gasteiger partial charge in [0.15, 0.2) is 5.11 Å². The van der Waals surface area contributed by atoms with Crippen molar-refractivity contribution >= 4 is 17.3 Å². The van der Waals surface area contributed by atoms with Crippen LogP contribution in [0.3, 0.4) is 0 Å². The van der Waals surface area contributed by atoms with Gasteiger partial charge in [-0.1, -0.05) is 6.07 Å². The van der Waals surface area contributed by atoms with E-state index < -0.39 is 0 Å². The smallest absolute Gasteiger partial charge is 0.170 e. The normalized spacial score (nSPS) is 20.9. The lowest BCUT2D eigenvalue weighted by Crippen LogP contribution is -2.39. The molecule has 0 saturated carbocycles. The highest BCUT2D eigenvalue weighted by atomic mass is 32.1. The van der Waals surface area contributed by atoms with Gasteiger partial charge in [0, 0.05) is 49.5 Å². The Kier molecular flexibility index (Phi) is 7.13. The van der Waals surface area contributed by atoms with Crippen LogP contribution >= 0.6 is 12.2 Å². The van der Waals surface area contributed by atoms with Gasteiger partial charge >= 0.3 is 0 Å². The zero-order valence-electron chi connectivity index (χ0n) is 20.3. The monoisotopic (exact) mass is 493 g/mol. The van der Waals surface area contributed by atoms with Crippen molar-refractivity contribution in [1.82, 2.24) is 24.7 Å². The summed E-state index contributed by atoms with van der Waals surface area (Å²) in [6.45, 7) is 9.71. The predicted octanol–water partition coefficient (Wildman–Crippen LogP) is 4.32. The molecular weight excluding hydrogens is 461 g/mol. The first kappa shape index (κ1) is 23.9. The third-order valence-corrected chi connectivity index (χ3v) is 7.40. The molecule has 2 aromatic heterocycles. The lowest BCUT2D eigenvalue weighted by Gasteiger charge is -2.30. The van der Waals surface area contributed by atoms with Crippen molar-refractivity contribution in [3.8, 4) is 5.69 Å². The second kappa shape index (κ2) is 10.4. The topological polar surface area (TPSA) is 45.6 Å². The number of pyridine rings is 1. The summed E-state index contributed by atoms with van der Waals surface area (Å²) in [6.07, 6.45) is 2.85. The molecule has 2 atom stereocenters. The van der Waals surface area contributed by atoms with Gasteiger partial charge < -0.3 is 19.5 Å². The predicted molar refractivity (Wildman–Crippen MR) is 139 cm³/mol. The largest absolute Gasteiger partial charge is 0.379 e. The Bertz CT molecular complexity index is 1160. The van der Waals surface area contributed by atoms with Gasteiger partial charge in [-0.25, -0.2) is 4.39 Å². The SMILES string of the molecule is Cc1cc([C@H]2[C@H](c3ccccn3)NC(=S)N2CCCN2CCOCC2)c(C)n1-c1ccc(F)cc1. The number of thiocarbonyl (C=S) groups is 1. The minimum atomic E-state index is -0.233. The van der Waals surface area contributed by atoms with E-state index in [2.05, 4.69) is 50.6 Å². The van der Waals surface area contributed by atoms with Crippen LogP contribution in [-0.4, -0.2) is 63.9 Å². The van der Waals surface area contributed by atoms with Crippen LogP contribution in [0, 0.1) is 19.7 Å². The number of aromatic nitrogens is 2. The van der Waals surface area contributed by atoms with Gasteiger partial charge in [-0.15, -0.1) is 0 Å². The van der Waals surface area contributed by atoms with E-state index in [1.165, 1.54) is 17.7 Å². The molecule has 4 heterocycles. The van der Waals surface area contributed by atoms with Gasteiger partial charge in [-0.2, -0.15) is 0 Å².